The molecule has 0 aromatic carbocycles. The lowest BCUT2D eigenvalue weighted by Crippen LogP contribution is -2.38. The molecule has 0 radical (unpaired) electrons. The van der Waals surface area contributed by atoms with E-state index < -0.39 is 0 Å². The van der Waals surface area contributed by atoms with E-state index in [1.165, 1.54) is 6.42 Å². The third-order valence-corrected chi connectivity index (χ3v) is 2.77. The molecule has 1 aliphatic heterocycles. The molecule has 1 heterocycles. The topological polar surface area (TPSA) is 32.3 Å². The molecule has 0 aliphatic carbocycles. The fourth-order valence-electron chi connectivity index (χ4n) is 2.10. The molecular formula is C10H21NO. The Morgan fingerprint density at radius 2 is 2.17 bits per heavy atom. The summed E-state index contributed by atoms with van der Waals surface area (Å²) in [6.07, 6.45) is 2.39. The Kier molecular flexibility index (Phi) is 4.02. The summed E-state index contributed by atoms with van der Waals surface area (Å²) in [6.45, 7) is 7.06. The third kappa shape index (κ3) is 2.76. The van der Waals surface area contributed by atoms with E-state index in [9.17, 15) is 0 Å². The summed E-state index contributed by atoms with van der Waals surface area (Å²) in [5, 5.41) is 12.5. The van der Waals surface area contributed by atoms with Gasteiger partial charge in [-0.1, -0.05) is 13.8 Å². The van der Waals surface area contributed by atoms with Crippen molar-refractivity contribution in [3.8, 4) is 0 Å². The summed E-state index contributed by atoms with van der Waals surface area (Å²) in [7, 11) is 0. The van der Waals surface area contributed by atoms with Crippen LogP contribution >= 0.6 is 0 Å². The van der Waals surface area contributed by atoms with Crippen LogP contribution in [0, 0.1) is 17.8 Å². The van der Waals surface area contributed by atoms with Crippen molar-refractivity contribution in [3.63, 3.8) is 0 Å². The van der Waals surface area contributed by atoms with Gasteiger partial charge in [0, 0.05) is 6.61 Å². The number of nitrogens with one attached hydrogen (secondary N) is 1. The van der Waals surface area contributed by atoms with Crippen LogP contribution in [-0.2, 0) is 0 Å². The van der Waals surface area contributed by atoms with Crippen LogP contribution in [0.3, 0.4) is 0 Å². The predicted octanol–water partition coefficient (Wildman–Crippen LogP) is 1.25. The van der Waals surface area contributed by atoms with Crippen LogP contribution in [0.1, 0.15) is 26.7 Å². The first-order valence-corrected chi connectivity index (χ1v) is 5.05. The van der Waals surface area contributed by atoms with Gasteiger partial charge >= 0.3 is 0 Å². The van der Waals surface area contributed by atoms with Crippen LogP contribution in [0.2, 0.25) is 0 Å². The molecule has 2 unspecified atom stereocenters. The van der Waals surface area contributed by atoms with E-state index in [1.807, 2.05) is 0 Å². The van der Waals surface area contributed by atoms with Crippen molar-refractivity contribution in [1.82, 2.24) is 5.32 Å². The van der Waals surface area contributed by atoms with Crippen LogP contribution in [0.15, 0.2) is 0 Å². The number of hydrogen-bond donors (Lipinski definition) is 2. The average molecular weight is 171 g/mol. The Balaban J connectivity index is 2.36. The van der Waals surface area contributed by atoms with E-state index in [0.29, 0.717) is 18.4 Å². The number of rotatable bonds is 3. The zero-order chi connectivity index (χ0) is 8.97. The van der Waals surface area contributed by atoms with Gasteiger partial charge in [-0.15, -0.1) is 0 Å². The van der Waals surface area contributed by atoms with E-state index in [-0.39, 0.29) is 0 Å². The summed E-state index contributed by atoms with van der Waals surface area (Å²) in [4.78, 5) is 0. The van der Waals surface area contributed by atoms with Crippen molar-refractivity contribution in [2.75, 3.05) is 19.7 Å². The monoisotopic (exact) mass is 171 g/mol. The highest BCUT2D eigenvalue weighted by Crippen LogP contribution is 2.24. The quantitative estimate of drug-likeness (QED) is 0.670. The molecule has 0 spiro atoms. The lowest BCUT2D eigenvalue weighted by Gasteiger charge is -2.31. The van der Waals surface area contributed by atoms with Gasteiger partial charge in [0.15, 0.2) is 0 Å². The lowest BCUT2D eigenvalue weighted by molar-refractivity contribution is 0.130. The van der Waals surface area contributed by atoms with E-state index in [0.717, 1.165) is 25.4 Å². The molecule has 1 saturated heterocycles. The van der Waals surface area contributed by atoms with Gasteiger partial charge in [-0.3, -0.25) is 0 Å². The van der Waals surface area contributed by atoms with Crippen molar-refractivity contribution in [2.45, 2.75) is 26.7 Å². The zero-order valence-corrected chi connectivity index (χ0v) is 8.21. The number of piperidine rings is 1. The molecule has 2 atom stereocenters. The van der Waals surface area contributed by atoms with Crippen LogP contribution < -0.4 is 5.32 Å². The minimum Gasteiger partial charge on any atom is -0.396 e. The van der Waals surface area contributed by atoms with Crippen LogP contribution in [0.5, 0.6) is 0 Å². The molecule has 1 rings (SSSR count). The maximum absolute atomic E-state index is 9.15. The van der Waals surface area contributed by atoms with E-state index in [2.05, 4.69) is 19.2 Å². The van der Waals surface area contributed by atoms with E-state index in [1.54, 1.807) is 0 Å². The molecule has 1 aliphatic rings. The first-order valence-electron chi connectivity index (χ1n) is 5.05. The summed E-state index contributed by atoms with van der Waals surface area (Å²) in [5.74, 6) is 2.00. The maximum Gasteiger partial charge on any atom is 0.0462 e. The van der Waals surface area contributed by atoms with Crippen LogP contribution in [-0.4, -0.2) is 24.8 Å². The molecule has 0 aromatic rings. The minimum absolute atomic E-state index is 0.374. The number of aliphatic hydroxyl groups is 1. The smallest absolute Gasteiger partial charge is 0.0462 e. The second kappa shape index (κ2) is 4.83. The highest BCUT2D eigenvalue weighted by molar-refractivity contribution is 4.78. The first-order chi connectivity index (χ1) is 5.74. The number of hydrogen-bond acceptors (Lipinski definition) is 2. The fraction of sp³-hybridized carbons (Fsp3) is 1.00. The Morgan fingerprint density at radius 3 is 2.75 bits per heavy atom. The minimum atomic E-state index is 0.374. The molecule has 12 heavy (non-hydrogen) atoms. The SMILES string of the molecule is CC(C)CC1CNCCC1CO. The fourth-order valence-corrected chi connectivity index (χ4v) is 2.10. The van der Waals surface area contributed by atoms with Crippen molar-refractivity contribution < 1.29 is 5.11 Å². The van der Waals surface area contributed by atoms with Crippen molar-refractivity contribution >= 4 is 0 Å². The second-order valence-electron chi connectivity index (χ2n) is 4.33. The molecule has 0 aromatic heterocycles. The molecule has 2 heteroatoms. The van der Waals surface area contributed by atoms with Gasteiger partial charge in [-0.2, -0.15) is 0 Å². The maximum atomic E-state index is 9.15. The molecular weight excluding hydrogens is 150 g/mol. The Hall–Kier alpha value is -0.0800. The highest BCUT2D eigenvalue weighted by Gasteiger charge is 2.24. The predicted molar refractivity (Wildman–Crippen MR) is 51.0 cm³/mol. The van der Waals surface area contributed by atoms with Gasteiger partial charge in [0.1, 0.15) is 0 Å². The summed E-state index contributed by atoms with van der Waals surface area (Å²) < 4.78 is 0. The summed E-state index contributed by atoms with van der Waals surface area (Å²) in [6, 6.07) is 0. The molecule has 2 N–H and O–H groups in total. The van der Waals surface area contributed by atoms with Crippen LogP contribution in [0.25, 0.3) is 0 Å². The van der Waals surface area contributed by atoms with Gasteiger partial charge < -0.3 is 10.4 Å². The molecule has 0 bridgehead atoms. The molecule has 1 fully saturated rings. The second-order valence-corrected chi connectivity index (χ2v) is 4.33. The van der Waals surface area contributed by atoms with E-state index in [4.69, 9.17) is 5.11 Å². The molecule has 2 nitrogen and oxygen atoms in total. The van der Waals surface area contributed by atoms with Gasteiger partial charge in [-0.05, 0) is 43.7 Å². The lowest BCUT2D eigenvalue weighted by atomic mass is 9.82. The van der Waals surface area contributed by atoms with Gasteiger partial charge in [0.2, 0.25) is 0 Å². The normalized spacial score (nSPS) is 31.0. The standard InChI is InChI=1S/C10H21NO/c1-8(2)5-10-6-11-4-3-9(10)7-12/h8-12H,3-7H2,1-2H3. The van der Waals surface area contributed by atoms with Gasteiger partial charge in [0.25, 0.3) is 0 Å². The van der Waals surface area contributed by atoms with E-state index >= 15 is 0 Å². The van der Waals surface area contributed by atoms with Crippen molar-refractivity contribution in [1.29, 1.82) is 0 Å². The Bertz CT molecular complexity index is 125. The first kappa shape index (κ1) is 10.0. The summed E-state index contributed by atoms with van der Waals surface area (Å²) >= 11 is 0. The molecule has 0 amide bonds. The largest absolute Gasteiger partial charge is 0.396 e. The Labute approximate surface area is 75.4 Å². The van der Waals surface area contributed by atoms with Crippen LogP contribution in [0.4, 0.5) is 0 Å². The van der Waals surface area contributed by atoms with Gasteiger partial charge in [-0.25, -0.2) is 0 Å². The molecule has 0 saturated carbocycles. The van der Waals surface area contributed by atoms with Crippen molar-refractivity contribution in [3.05, 3.63) is 0 Å². The zero-order valence-electron chi connectivity index (χ0n) is 8.21. The third-order valence-electron chi connectivity index (χ3n) is 2.77. The number of aliphatic hydroxyl groups excluding tert-OH is 1. The van der Waals surface area contributed by atoms with Gasteiger partial charge in [0.05, 0.1) is 0 Å². The Morgan fingerprint density at radius 1 is 1.42 bits per heavy atom. The highest BCUT2D eigenvalue weighted by atomic mass is 16.3. The average Bonchev–Trinajstić information content (AvgIpc) is 2.04. The molecule has 72 valence electrons. The van der Waals surface area contributed by atoms with Crippen molar-refractivity contribution in [2.24, 2.45) is 17.8 Å². The summed E-state index contributed by atoms with van der Waals surface area (Å²) in [5.41, 5.74) is 0.